The van der Waals surface area contributed by atoms with Crippen molar-refractivity contribution in [2.45, 2.75) is 254 Å². The maximum Gasteiger partial charge on any atom is 0.573 e. The lowest BCUT2D eigenvalue weighted by Crippen LogP contribution is -2.64. The molecule has 0 atom stereocenters. The van der Waals surface area contributed by atoms with E-state index in [0.29, 0.717) is 95.6 Å². The van der Waals surface area contributed by atoms with Crippen molar-refractivity contribution in [1.82, 2.24) is 97.6 Å². The summed E-state index contributed by atoms with van der Waals surface area (Å²) in [5.41, 5.74) is 4.24. The Kier molecular flexibility index (Phi) is 31.1. The molecule has 16 rings (SSSR count). The van der Waals surface area contributed by atoms with Gasteiger partial charge in [-0.05, 0) is 214 Å². The minimum Gasteiger partial charge on any atom is -0.406 e. The zero-order valence-electron chi connectivity index (χ0n) is 88.3. The number of piperazine rings is 4. The second-order valence-electron chi connectivity index (χ2n) is 44.1. The second kappa shape index (κ2) is 41.5. The SMILES string of the molecule is CC(C)c1cc(-c2ccc(C#N)cc2)nn2cc(C(=O)N3CCN(C(=O)C(C)(C)O)CC3(C)C)nc12.CC(C)c1cc(-c2ccc(OC(F)(F)F)cc2)nn2cc(C(=O)N3CCN(C(=O)C(C)(C)O)CC3(C)C)nc12.CC(C)c1cc(-c2cccc(C(F)(F)F)c2)nn2cc(C(=O)N3CCN(C(=O)C(C)(C)O)CC3(C)C)nc12.Cc1ccc(-c2cc(C(C)C)c3nc(C(=O)N4CCN(C(=O)C(C)(C)O)CC4(C)C)cn3n2)cc1. The summed E-state index contributed by atoms with van der Waals surface area (Å²) >= 11 is 0. The number of aryl methyl sites for hydroxylation is 1. The molecule has 12 heterocycles. The van der Waals surface area contributed by atoms with Gasteiger partial charge >= 0.3 is 12.5 Å². The minimum atomic E-state index is -4.78. The third-order valence-corrected chi connectivity index (χ3v) is 26.5. The number of nitriles is 1. The maximum absolute atomic E-state index is 13.6. The van der Waals surface area contributed by atoms with Crippen LogP contribution < -0.4 is 4.74 Å². The summed E-state index contributed by atoms with van der Waals surface area (Å²) in [7, 11) is 0. The van der Waals surface area contributed by atoms with Gasteiger partial charge in [-0.3, -0.25) is 38.4 Å². The smallest absolute Gasteiger partial charge is 0.406 e. The van der Waals surface area contributed by atoms with Crippen LogP contribution in [0.3, 0.4) is 0 Å². The molecule has 4 aliphatic heterocycles. The number of aliphatic hydroxyl groups is 4. The summed E-state index contributed by atoms with van der Waals surface area (Å²) in [6.45, 7) is 48.5. The van der Waals surface area contributed by atoms with E-state index in [1.54, 1.807) is 91.1 Å². The lowest BCUT2D eigenvalue weighted by molar-refractivity contribution is -0.274. The molecule has 40 heteroatoms. The molecule has 4 fully saturated rings. The van der Waals surface area contributed by atoms with Crippen molar-refractivity contribution in [2.24, 2.45) is 0 Å². The molecule has 8 aromatic heterocycles. The molecule has 0 bridgehead atoms. The number of imidazole rings is 4. The average molecular weight is 2050 g/mol. The first-order valence-electron chi connectivity index (χ1n) is 49.1. The lowest BCUT2D eigenvalue weighted by Gasteiger charge is -2.47. The zero-order valence-corrected chi connectivity index (χ0v) is 88.3. The Morgan fingerprint density at radius 3 is 0.838 bits per heavy atom. The number of benzene rings is 4. The van der Waals surface area contributed by atoms with Gasteiger partial charge in [-0.2, -0.15) is 38.8 Å². The van der Waals surface area contributed by atoms with Crippen LogP contribution in [0.2, 0.25) is 0 Å². The molecule has 34 nitrogen and oxygen atoms in total. The Morgan fingerprint density at radius 2 is 0.608 bits per heavy atom. The van der Waals surface area contributed by atoms with E-state index in [2.05, 4.69) is 88.8 Å². The molecule has 788 valence electrons. The number of halogens is 6. The highest BCUT2D eigenvalue weighted by atomic mass is 19.4. The van der Waals surface area contributed by atoms with Crippen LogP contribution in [0.15, 0.2) is 146 Å². The maximum atomic E-state index is 13.6. The molecule has 4 saturated heterocycles. The number of aromatic nitrogens is 12. The number of fused-ring (bicyclic) bond motifs is 4. The number of alkyl halides is 6. The molecule has 0 unspecified atom stereocenters. The number of rotatable bonds is 17. The first-order valence-corrected chi connectivity index (χ1v) is 49.1. The Hall–Kier alpha value is -14.2. The van der Waals surface area contributed by atoms with Crippen LogP contribution >= 0.6 is 0 Å². The highest BCUT2D eigenvalue weighted by Gasteiger charge is 2.48. The predicted octanol–water partition coefficient (Wildman–Crippen LogP) is 15.5. The minimum absolute atomic E-state index is 0.0141. The third kappa shape index (κ3) is 24.6. The number of ether oxygens (including phenoxy) is 1. The molecule has 8 amide bonds. The highest BCUT2D eigenvalue weighted by molar-refractivity contribution is 5.97. The number of carbonyl (C=O) groups is 8. The fourth-order valence-corrected chi connectivity index (χ4v) is 18.7. The molecule has 0 saturated carbocycles. The zero-order chi connectivity index (χ0) is 109. The Morgan fingerprint density at radius 1 is 0.358 bits per heavy atom. The summed E-state index contributed by atoms with van der Waals surface area (Å²) in [6, 6.07) is 35.5. The number of carbonyl (C=O) groups excluding carboxylic acids is 8. The van der Waals surface area contributed by atoms with E-state index in [9.17, 15) is 85.1 Å². The first-order chi connectivity index (χ1) is 68.5. The molecule has 148 heavy (non-hydrogen) atoms. The van der Waals surface area contributed by atoms with Gasteiger partial charge in [0.15, 0.2) is 22.6 Å². The number of amides is 8. The molecular weight excluding hydrogens is 1910 g/mol. The van der Waals surface area contributed by atoms with Crippen molar-refractivity contribution in [3.63, 3.8) is 0 Å². The van der Waals surface area contributed by atoms with E-state index in [1.165, 1.54) is 107 Å². The Labute approximate surface area is 855 Å². The van der Waals surface area contributed by atoms with Crippen LogP contribution in [0.5, 0.6) is 5.75 Å². The van der Waals surface area contributed by atoms with Crippen molar-refractivity contribution in [2.75, 3.05) is 78.5 Å². The van der Waals surface area contributed by atoms with Crippen LogP contribution in [0.1, 0.15) is 271 Å². The summed E-state index contributed by atoms with van der Waals surface area (Å²) in [5.74, 6) is -2.58. The quantitative estimate of drug-likeness (QED) is 0.0615. The van der Waals surface area contributed by atoms with Crippen LogP contribution in [-0.2, 0) is 25.4 Å². The predicted molar refractivity (Wildman–Crippen MR) is 543 cm³/mol. The summed E-state index contributed by atoms with van der Waals surface area (Å²) < 4.78 is 87.7. The summed E-state index contributed by atoms with van der Waals surface area (Å²) in [6.07, 6.45) is -2.88. The molecule has 4 aromatic carbocycles. The van der Waals surface area contributed by atoms with E-state index in [-0.39, 0.29) is 121 Å². The topological polar surface area (TPSA) is 397 Å². The average Bonchev–Trinajstić information content (AvgIpc) is 1.63. The number of hydrogen-bond acceptors (Lipinski definition) is 22. The fraction of sp³-hybridized carbons (Fsp3) is 0.472. The fourth-order valence-electron chi connectivity index (χ4n) is 18.7. The number of nitrogens with zero attached hydrogens (tertiary/aromatic N) is 21. The van der Waals surface area contributed by atoms with E-state index >= 15 is 0 Å². The van der Waals surface area contributed by atoms with Crippen molar-refractivity contribution < 1.29 is 89.9 Å². The van der Waals surface area contributed by atoms with Gasteiger partial charge < -0.3 is 64.4 Å². The first kappa shape index (κ1) is 111. The molecule has 0 aliphatic carbocycles. The van der Waals surface area contributed by atoms with E-state index in [4.69, 9.17) is 20.4 Å². The normalized spacial score (nSPS) is 16.2. The molecule has 0 spiro atoms. The van der Waals surface area contributed by atoms with Gasteiger partial charge in [0, 0.05) is 123 Å². The Bertz CT molecular complexity index is 7090. The van der Waals surface area contributed by atoms with E-state index < -0.39 is 74.5 Å². The highest BCUT2D eigenvalue weighted by Crippen LogP contribution is 2.39. The molecule has 0 radical (unpaired) electrons. The van der Waals surface area contributed by atoms with Crippen LogP contribution in [-0.4, -0.2) is 295 Å². The van der Waals surface area contributed by atoms with E-state index in [0.717, 1.165) is 56.9 Å². The Balaban J connectivity index is 0.000000165. The number of hydrogen-bond donors (Lipinski definition) is 4. The van der Waals surface area contributed by atoms with Gasteiger partial charge in [-0.15, -0.1) is 13.2 Å². The lowest BCUT2D eigenvalue weighted by atomic mass is 9.96. The standard InChI is InChI=1S/C27H32F3N5O4.C27H32F3N5O3.C27H32N6O3.C27H35N5O3/c1-16(2)19-13-20(17-7-9-18(10-8-17)39-27(28,29)30)32-35-14-21(31-22(19)35)23(36)34-12-11-33(15-25(34,3)4)24(37)26(5,6)38;1-16(2)19-13-20(17-8-7-9-18(12-17)27(28,29)30)32-35-14-21(31-22(19)35)23(36)34-11-10-33(15-25(34,3)4)24(37)26(5,6)38;1-17(2)20-13-21(19-9-7-18(14-28)8-10-19)30-33-15-22(29-23(20)33)24(34)32-12-11-31(16-26(32,3)4)25(35)27(5,6)36;1-17(2)20-14-21(19-10-8-18(3)9-11-19)29-32-15-22(28-23(20)32)24(33)31-13-12-30(16-26(31,4)5)25(34)27(6,7)35/h7-10,13-14,16,38H,11-12,15H2,1-6H3;7-9,12-14,16,38H,10-11,15H2,1-6H3;7-10,13,15,17,36H,11-12,16H2,1-6H3;8-11,14-15,17,35H,12-13,16H2,1-7H3. The molecular formula is C108H131F6N21O13. The monoisotopic (exact) mass is 2040 g/mol. The van der Waals surface area contributed by atoms with Gasteiger partial charge in [0.1, 0.15) is 50.9 Å². The van der Waals surface area contributed by atoms with Gasteiger partial charge in [-0.25, -0.2) is 38.0 Å². The largest absolute Gasteiger partial charge is 0.573 e. The van der Waals surface area contributed by atoms with Crippen molar-refractivity contribution in [3.05, 3.63) is 208 Å². The van der Waals surface area contributed by atoms with Gasteiger partial charge in [0.2, 0.25) is 0 Å². The third-order valence-electron chi connectivity index (χ3n) is 26.5. The van der Waals surface area contributed by atoms with Gasteiger partial charge in [0.05, 0.1) is 86.9 Å². The van der Waals surface area contributed by atoms with Crippen LogP contribution in [0, 0.1) is 18.3 Å². The van der Waals surface area contributed by atoms with Crippen LogP contribution in [0.4, 0.5) is 26.3 Å². The van der Waals surface area contributed by atoms with Crippen LogP contribution in [0.25, 0.3) is 67.6 Å². The molecule has 12 aromatic rings. The van der Waals surface area contributed by atoms with Crippen molar-refractivity contribution in [1.29, 1.82) is 5.26 Å². The molecule has 4 N–H and O–H groups in total. The van der Waals surface area contributed by atoms with Crippen molar-refractivity contribution >= 4 is 69.8 Å². The second-order valence-corrected chi connectivity index (χ2v) is 44.1. The van der Waals surface area contributed by atoms with Gasteiger partial charge in [-0.1, -0.05) is 109 Å². The summed E-state index contributed by atoms with van der Waals surface area (Å²) in [4.78, 5) is 136. The molecule has 4 aliphatic rings. The van der Waals surface area contributed by atoms with E-state index in [1.807, 2.05) is 119 Å². The summed E-state index contributed by atoms with van der Waals surface area (Å²) in [5, 5.41) is 68.2. The van der Waals surface area contributed by atoms with Gasteiger partial charge in [0.25, 0.3) is 47.3 Å². The van der Waals surface area contributed by atoms with Crippen molar-refractivity contribution in [3.8, 4) is 56.8 Å².